The fourth-order valence-electron chi connectivity index (χ4n) is 1.86. The van der Waals surface area contributed by atoms with Gasteiger partial charge in [-0.15, -0.1) is 0 Å². The number of rotatable bonds is 0. The molecule has 0 saturated carbocycles. The summed E-state index contributed by atoms with van der Waals surface area (Å²) in [7, 11) is 0. The summed E-state index contributed by atoms with van der Waals surface area (Å²) in [4.78, 5) is 13.1. The van der Waals surface area contributed by atoms with Crippen molar-refractivity contribution in [1.82, 2.24) is 4.90 Å². The minimum Gasteiger partial charge on any atom is -0.463 e. The molecule has 0 aromatic heterocycles. The zero-order valence-electron chi connectivity index (χ0n) is 6.58. The predicted octanol–water partition coefficient (Wildman–Crippen LogP) is 0.398. The number of nitrogens with zero attached hydrogens (tertiary/aromatic N) is 1. The number of cyclic esters (lactones) is 1. The Hall–Kier alpha value is -0.570. The lowest BCUT2D eigenvalue weighted by Gasteiger charge is -2.37. The smallest absolute Gasteiger partial charge is 0.320 e. The molecule has 3 heteroatoms. The van der Waals surface area contributed by atoms with Crippen LogP contribution in [-0.2, 0) is 9.53 Å². The first kappa shape index (κ1) is 7.10. The fourth-order valence-corrected chi connectivity index (χ4v) is 1.86. The van der Waals surface area contributed by atoms with Crippen LogP contribution in [0, 0.1) is 0 Å². The topological polar surface area (TPSA) is 29.5 Å². The Morgan fingerprint density at radius 2 is 2.36 bits per heavy atom. The van der Waals surface area contributed by atoms with Gasteiger partial charge in [0.2, 0.25) is 0 Å². The number of fused-ring (bicyclic) bond motifs is 1. The molecule has 2 aliphatic rings. The highest BCUT2D eigenvalue weighted by atomic mass is 16.5. The lowest BCUT2D eigenvalue weighted by molar-refractivity contribution is -0.155. The van der Waals surface area contributed by atoms with E-state index in [0.717, 1.165) is 6.54 Å². The molecule has 1 atom stereocenters. The van der Waals surface area contributed by atoms with Crippen molar-refractivity contribution in [2.45, 2.75) is 25.3 Å². The van der Waals surface area contributed by atoms with Crippen molar-refractivity contribution in [2.75, 3.05) is 19.7 Å². The molecular weight excluding hydrogens is 142 g/mol. The Morgan fingerprint density at radius 3 is 3.27 bits per heavy atom. The molecule has 2 fully saturated rings. The summed E-state index contributed by atoms with van der Waals surface area (Å²) < 4.78 is 4.97. The first-order valence-corrected chi connectivity index (χ1v) is 4.26. The van der Waals surface area contributed by atoms with Crippen LogP contribution in [0.3, 0.4) is 0 Å². The second kappa shape index (κ2) is 2.81. The van der Waals surface area contributed by atoms with E-state index in [4.69, 9.17) is 4.74 Å². The summed E-state index contributed by atoms with van der Waals surface area (Å²) in [6, 6.07) is 0.529. The van der Waals surface area contributed by atoms with Crippen molar-refractivity contribution in [1.29, 1.82) is 0 Å². The molecule has 2 rings (SSSR count). The molecule has 0 amide bonds. The third-order valence-corrected chi connectivity index (χ3v) is 2.52. The lowest BCUT2D eigenvalue weighted by atomic mass is 10.0. The molecule has 2 aliphatic heterocycles. The van der Waals surface area contributed by atoms with Crippen LogP contribution in [0.5, 0.6) is 0 Å². The van der Waals surface area contributed by atoms with Crippen LogP contribution in [0.1, 0.15) is 19.3 Å². The molecule has 0 spiro atoms. The van der Waals surface area contributed by atoms with Gasteiger partial charge in [0.1, 0.15) is 6.61 Å². The van der Waals surface area contributed by atoms with E-state index in [1.54, 1.807) is 0 Å². The van der Waals surface area contributed by atoms with Crippen LogP contribution in [0.2, 0.25) is 0 Å². The Balaban J connectivity index is 1.98. The third-order valence-electron chi connectivity index (χ3n) is 2.52. The van der Waals surface area contributed by atoms with Gasteiger partial charge in [-0.2, -0.15) is 0 Å². The zero-order valence-corrected chi connectivity index (χ0v) is 6.58. The highest BCUT2D eigenvalue weighted by Crippen LogP contribution is 2.19. The molecule has 0 aliphatic carbocycles. The van der Waals surface area contributed by atoms with Crippen molar-refractivity contribution in [2.24, 2.45) is 0 Å². The van der Waals surface area contributed by atoms with Crippen LogP contribution >= 0.6 is 0 Å². The largest absolute Gasteiger partial charge is 0.463 e. The fraction of sp³-hybridized carbons (Fsp3) is 0.875. The molecule has 62 valence electrons. The van der Waals surface area contributed by atoms with E-state index in [-0.39, 0.29) is 5.97 Å². The SMILES string of the molecule is O=C1CN2CCCCC2CO1. The second-order valence-electron chi connectivity index (χ2n) is 3.30. The minimum atomic E-state index is -0.0526. The maximum absolute atomic E-state index is 10.9. The highest BCUT2D eigenvalue weighted by Gasteiger charge is 2.29. The number of morpholine rings is 1. The van der Waals surface area contributed by atoms with Crippen molar-refractivity contribution in [3.05, 3.63) is 0 Å². The van der Waals surface area contributed by atoms with Crippen molar-refractivity contribution >= 4 is 5.97 Å². The average Bonchev–Trinajstić information content (AvgIpc) is 2.04. The number of carbonyl (C=O) groups excluding carboxylic acids is 1. The van der Waals surface area contributed by atoms with Gasteiger partial charge in [-0.05, 0) is 19.4 Å². The van der Waals surface area contributed by atoms with Crippen LogP contribution in [0.25, 0.3) is 0 Å². The number of esters is 1. The molecule has 0 aromatic carbocycles. The summed E-state index contributed by atoms with van der Waals surface area (Å²) in [5.74, 6) is -0.0526. The molecule has 11 heavy (non-hydrogen) atoms. The van der Waals surface area contributed by atoms with Crippen LogP contribution in [0.15, 0.2) is 0 Å². The van der Waals surface area contributed by atoms with Gasteiger partial charge in [-0.1, -0.05) is 6.42 Å². The molecular formula is C8H13NO2. The van der Waals surface area contributed by atoms with Gasteiger partial charge in [0.25, 0.3) is 0 Å². The molecule has 0 aromatic rings. The van der Waals surface area contributed by atoms with E-state index in [9.17, 15) is 4.79 Å². The third kappa shape index (κ3) is 1.38. The normalized spacial score (nSPS) is 32.7. The Bertz CT molecular complexity index is 169. The first-order valence-electron chi connectivity index (χ1n) is 4.26. The number of hydrogen-bond acceptors (Lipinski definition) is 3. The summed E-state index contributed by atoms with van der Waals surface area (Å²) in [5, 5.41) is 0. The standard InChI is InChI=1S/C8H13NO2/c10-8-5-9-4-2-1-3-7(9)6-11-8/h7H,1-6H2. The number of carbonyl (C=O) groups is 1. The first-order chi connectivity index (χ1) is 5.36. The Kier molecular flexibility index (Phi) is 1.82. The summed E-state index contributed by atoms with van der Waals surface area (Å²) in [6.45, 7) is 2.23. The Morgan fingerprint density at radius 1 is 1.45 bits per heavy atom. The van der Waals surface area contributed by atoms with Gasteiger partial charge in [-0.25, -0.2) is 0 Å². The van der Waals surface area contributed by atoms with E-state index in [0.29, 0.717) is 19.2 Å². The van der Waals surface area contributed by atoms with Gasteiger partial charge >= 0.3 is 5.97 Å². The predicted molar refractivity (Wildman–Crippen MR) is 40.2 cm³/mol. The second-order valence-corrected chi connectivity index (χ2v) is 3.30. The maximum Gasteiger partial charge on any atom is 0.320 e. The molecule has 3 nitrogen and oxygen atoms in total. The monoisotopic (exact) mass is 155 g/mol. The van der Waals surface area contributed by atoms with E-state index in [1.807, 2.05) is 0 Å². The van der Waals surface area contributed by atoms with Crippen LogP contribution in [-0.4, -0.2) is 36.6 Å². The lowest BCUT2D eigenvalue weighted by Crippen LogP contribution is -2.49. The Labute approximate surface area is 66.3 Å². The van der Waals surface area contributed by atoms with Gasteiger partial charge in [0.05, 0.1) is 6.54 Å². The number of hydrogen-bond donors (Lipinski definition) is 0. The molecule has 1 unspecified atom stereocenters. The van der Waals surface area contributed by atoms with Gasteiger partial charge in [-0.3, -0.25) is 9.69 Å². The van der Waals surface area contributed by atoms with Crippen LogP contribution in [0.4, 0.5) is 0 Å². The van der Waals surface area contributed by atoms with E-state index in [1.165, 1.54) is 19.3 Å². The highest BCUT2D eigenvalue weighted by molar-refractivity contribution is 5.72. The molecule has 0 bridgehead atoms. The summed E-state index contributed by atoms with van der Waals surface area (Å²) >= 11 is 0. The average molecular weight is 155 g/mol. The summed E-state index contributed by atoms with van der Waals surface area (Å²) in [6.07, 6.45) is 3.73. The number of ether oxygens (including phenoxy) is 1. The molecule has 2 heterocycles. The summed E-state index contributed by atoms with van der Waals surface area (Å²) in [5.41, 5.74) is 0. The minimum absolute atomic E-state index is 0.0526. The maximum atomic E-state index is 10.9. The van der Waals surface area contributed by atoms with E-state index in [2.05, 4.69) is 4.90 Å². The molecule has 2 saturated heterocycles. The van der Waals surface area contributed by atoms with Crippen molar-refractivity contribution in [3.8, 4) is 0 Å². The quantitative estimate of drug-likeness (QED) is 0.474. The van der Waals surface area contributed by atoms with Crippen molar-refractivity contribution in [3.63, 3.8) is 0 Å². The van der Waals surface area contributed by atoms with Crippen LogP contribution < -0.4 is 0 Å². The molecule has 0 N–H and O–H groups in total. The van der Waals surface area contributed by atoms with Gasteiger partial charge in [0, 0.05) is 6.04 Å². The van der Waals surface area contributed by atoms with Gasteiger partial charge in [0.15, 0.2) is 0 Å². The van der Waals surface area contributed by atoms with E-state index < -0.39 is 0 Å². The number of piperidine rings is 1. The van der Waals surface area contributed by atoms with Crippen molar-refractivity contribution < 1.29 is 9.53 Å². The van der Waals surface area contributed by atoms with E-state index >= 15 is 0 Å². The molecule has 0 radical (unpaired) electrons. The van der Waals surface area contributed by atoms with Gasteiger partial charge < -0.3 is 4.74 Å². The zero-order chi connectivity index (χ0) is 7.68.